The van der Waals surface area contributed by atoms with Crippen molar-refractivity contribution >= 4 is 5.91 Å². The van der Waals surface area contributed by atoms with Gasteiger partial charge in [0.05, 0.1) is 0 Å². The lowest BCUT2D eigenvalue weighted by molar-refractivity contribution is -0.134. The van der Waals surface area contributed by atoms with Crippen LogP contribution in [0, 0.1) is 0 Å². The minimum atomic E-state index is -2.85. The Balaban J connectivity index is 1.91. The molecule has 0 aromatic heterocycles. The molecule has 2 aliphatic rings. The summed E-state index contributed by atoms with van der Waals surface area (Å²) in [6.45, 7) is 7.82. The van der Waals surface area contributed by atoms with E-state index in [1.165, 1.54) is 11.1 Å². The van der Waals surface area contributed by atoms with Gasteiger partial charge in [0.25, 0.3) is 12.3 Å². The van der Waals surface area contributed by atoms with Gasteiger partial charge < -0.3 is 10.3 Å². The van der Waals surface area contributed by atoms with Gasteiger partial charge in [-0.1, -0.05) is 45.0 Å². The second kappa shape index (κ2) is 5.80. The number of hydrogen-bond acceptors (Lipinski definition) is 3. The molecule has 3 unspecified atom stereocenters. The normalized spacial score (nSPS) is 30.4. The third-order valence-electron chi connectivity index (χ3n) is 5.75. The summed E-state index contributed by atoms with van der Waals surface area (Å²) in [4.78, 5) is 12.9. The molecular formula is C19H25F2N3O. The molecule has 1 aromatic rings. The first-order valence-electron chi connectivity index (χ1n) is 8.51. The largest absolute Gasteiger partial charge is 0.350 e. The van der Waals surface area contributed by atoms with Crippen LogP contribution in [0.15, 0.2) is 36.0 Å². The van der Waals surface area contributed by atoms with Gasteiger partial charge in [0, 0.05) is 30.1 Å². The van der Waals surface area contributed by atoms with Crippen molar-refractivity contribution in [2.24, 2.45) is 0 Å². The first kappa shape index (κ1) is 17.9. The molecule has 0 saturated heterocycles. The summed E-state index contributed by atoms with van der Waals surface area (Å²) in [5.74, 6) is -0.641. The van der Waals surface area contributed by atoms with Gasteiger partial charge in [0.15, 0.2) is 5.54 Å². The number of hydrazine groups is 1. The highest BCUT2D eigenvalue weighted by Crippen LogP contribution is 2.46. The molecule has 1 aliphatic heterocycles. The summed E-state index contributed by atoms with van der Waals surface area (Å²) in [5.41, 5.74) is 3.18. The van der Waals surface area contributed by atoms with Crippen molar-refractivity contribution in [2.75, 3.05) is 7.05 Å². The molecule has 0 spiro atoms. The first-order valence-corrected chi connectivity index (χ1v) is 8.51. The van der Waals surface area contributed by atoms with Gasteiger partial charge in [-0.25, -0.2) is 14.2 Å². The number of benzene rings is 1. The molecule has 1 aromatic carbocycles. The molecule has 2 N–H and O–H groups in total. The molecule has 4 nitrogen and oxygen atoms in total. The van der Waals surface area contributed by atoms with Crippen molar-refractivity contribution < 1.29 is 13.6 Å². The SMILES string of the molecule is CC1=CC(C(=O)NC2C(C)c3ccccc3C2(C)C)(C(F)F)NN1C. The van der Waals surface area contributed by atoms with Crippen LogP contribution in [0.5, 0.6) is 0 Å². The van der Waals surface area contributed by atoms with Crippen molar-refractivity contribution in [1.82, 2.24) is 15.8 Å². The highest BCUT2D eigenvalue weighted by molar-refractivity contribution is 5.90. The Labute approximate surface area is 147 Å². The summed E-state index contributed by atoms with van der Waals surface area (Å²) in [6, 6.07) is 7.78. The van der Waals surface area contributed by atoms with E-state index in [9.17, 15) is 13.6 Å². The number of hydrogen-bond donors (Lipinski definition) is 2. The maximum atomic E-state index is 13.8. The van der Waals surface area contributed by atoms with E-state index < -0.39 is 17.9 Å². The standard InChI is InChI=1S/C19H25F2N3O/c1-11-10-19(16(20)21,23-24(11)5)17(25)22-15-12(2)13-8-6-7-9-14(13)18(15,3)4/h6-10,12,15-16,23H,1-5H3,(H,22,25). The number of amides is 1. The Kier molecular flexibility index (Phi) is 4.14. The third kappa shape index (κ3) is 2.54. The van der Waals surface area contributed by atoms with Gasteiger partial charge in [-0.15, -0.1) is 0 Å². The van der Waals surface area contributed by atoms with Crippen LogP contribution in [0.25, 0.3) is 0 Å². The maximum Gasteiger partial charge on any atom is 0.270 e. The number of nitrogens with one attached hydrogen (secondary N) is 2. The lowest BCUT2D eigenvalue weighted by atomic mass is 9.81. The molecule has 1 amide bonds. The van der Waals surface area contributed by atoms with E-state index in [4.69, 9.17) is 0 Å². The van der Waals surface area contributed by atoms with Crippen LogP contribution in [0.3, 0.4) is 0 Å². The molecular weight excluding hydrogens is 324 g/mol. The predicted octanol–water partition coefficient (Wildman–Crippen LogP) is 2.92. The van der Waals surface area contributed by atoms with E-state index in [1.54, 1.807) is 14.0 Å². The molecule has 3 rings (SSSR count). The van der Waals surface area contributed by atoms with Gasteiger partial charge in [0.2, 0.25) is 0 Å². The van der Waals surface area contributed by atoms with Gasteiger partial charge in [-0.3, -0.25) is 4.79 Å². The molecule has 1 aliphatic carbocycles. The highest BCUT2D eigenvalue weighted by Gasteiger charge is 2.53. The zero-order valence-electron chi connectivity index (χ0n) is 15.2. The monoisotopic (exact) mass is 349 g/mol. The molecule has 3 atom stereocenters. The topological polar surface area (TPSA) is 44.4 Å². The van der Waals surface area contributed by atoms with Gasteiger partial charge in [0.1, 0.15) is 0 Å². The first-order chi connectivity index (χ1) is 11.6. The van der Waals surface area contributed by atoms with E-state index in [-0.39, 0.29) is 17.4 Å². The fourth-order valence-electron chi connectivity index (χ4n) is 4.17. The number of fused-ring (bicyclic) bond motifs is 1. The summed E-state index contributed by atoms with van der Waals surface area (Å²) in [5, 5.41) is 4.38. The Bertz CT molecular complexity index is 731. The second-order valence-electron chi connectivity index (χ2n) is 7.67. The number of alkyl halides is 2. The average molecular weight is 349 g/mol. The van der Waals surface area contributed by atoms with Crippen LogP contribution in [-0.4, -0.2) is 36.0 Å². The van der Waals surface area contributed by atoms with E-state index in [2.05, 4.69) is 10.7 Å². The fraction of sp³-hybridized carbons (Fsp3) is 0.526. The minimum absolute atomic E-state index is 0.0501. The quantitative estimate of drug-likeness (QED) is 0.882. The van der Waals surface area contributed by atoms with Crippen LogP contribution < -0.4 is 10.7 Å². The Morgan fingerprint density at radius 1 is 1.32 bits per heavy atom. The maximum absolute atomic E-state index is 13.8. The van der Waals surface area contributed by atoms with E-state index >= 15 is 0 Å². The van der Waals surface area contributed by atoms with E-state index in [0.29, 0.717) is 5.70 Å². The Morgan fingerprint density at radius 2 is 1.96 bits per heavy atom. The molecule has 6 heteroatoms. The molecule has 0 bridgehead atoms. The van der Waals surface area contributed by atoms with E-state index in [0.717, 1.165) is 11.1 Å². The molecule has 0 radical (unpaired) electrons. The molecule has 1 heterocycles. The summed E-state index contributed by atoms with van der Waals surface area (Å²) >= 11 is 0. The fourth-order valence-corrected chi connectivity index (χ4v) is 4.17. The van der Waals surface area contributed by atoms with Crippen LogP contribution in [0.4, 0.5) is 8.78 Å². The number of carbonyl (C=O) groups excluding carboxylic acids is 1. The third-order valence-corrected chi connectivity index (χ3v) is 5.75. The lowest BCUT2D eigenvalue weighted by Gasteiger charge is -2.35. The van der Waals surface area contributed by atoms with Gasteiger partial charge >= 0.3 is 0 Å². The number of halogens is 2. The van der Waals surface area contributed by atoms with Crippen molar-refractivity contribution in [3.63, 3.8) is 0 Å². The smallest absolute Gasteiger partial charge is 0.270 e. The molecule has 136 valence electrons. The van der Waals surface area contributed by atoms with Crippen LogP contribution in [0.1, 0.15) is 44.7 Å². The second-order valence-corrected chi connectivity index (χ2v) is 7.67. The van der Waals surface area contributed by atoms with Crippen LogP contribution >= 0.6 is 0 Å². The highest BCUT2D eigenvalue weighted by atomic mass is 19.3. The van der Waals surface area contributed by atoms with E-state index in [1.807, 2.05) is 45.0 Å². The average Bonchev–Trinajstić information content (AvgIpc) is 2.96. The van der Waals surface area contributed by atoms with Crippen molar-refractivity contribution in [1.29, 1.82) is 0 Å². The molecule has 0 saturated carbocycles. The summed E-state index contributed by atoms with van der Waals surface area (Å²) in [7, 11) is 1.63. The Hall–Kier alpha value is -1.95. The van der Waals surface area contributed by atoms with Crippen LogP contribution in [-0.2, 0) is 10.2 Å². The summed E-state index contributed by atoms with van der Waals surface area (Å²) < 4.78 is 27.6. The van der Waals surface area contributed by atoms with Crippen LogP contribution in [0.2, 0.25) is 0 Å². The minimum Gasteiger partial charge on any atom is -0.350 e. The van der Waals surface area contributed by atoms with Crippen molar-refractivity contribution in [3.8, 4) is 0 Å². The zero-order valence-corrected chi connectivity index (χ0v) is 15.2. The number of carbonyl (C=O) groups is 1. The lowest BCUT2D eigenvalue weighted by Crippen LogP contribution is -2.63. The Morgan fingerprint density at radius 3 is 2.48 bits per heavy atom. The molecule has 0 fully saturated rings. The van der Waals surface area contributed by atoms with Gasteiger partial charge in [-0.05, 0) is 24.1 Å². The predicted molar refractivity (Wildman–Crippen MR) is 93.2 cm³/mol. The molecule has 25 heavy (non-hydrogen) atoms. The van der Waals surface area contributed by atoms with Gasteiger partial charge in [-0.2, -0.15) is 0 Å². The zero-order chi connectivity index (χ0) is 18.6. The van der Waals surface area contributed by atoms with Crippen molar-refractivity contribution in [2.45, 2.75) is 57.0 Å². The number of nitrogens with zero attached hydrogens (tertiary/aromatic N) is 1. The number of rotatable bonds is 3. The number of allylic oxidation sites excluding steroid dienone is 1. The van der Waals surface area contributed by atoms with Crippen molar-refractivity contribution in [3.05, 3.63) is 47.2 Å². The summed E-state index contributed by atoms with van der Waals surface area (Å²) in [6.07, 6.45) is -1.54.